The maximum absolute atomic E-state index is 12.0. The maximum atomic E-state index is 12.0. The van der Waals surface area contributed by atoms with Gasteiger partial charge in [0, 0.05) is 12.0 Å². The summed E-state index contributed by atoms with van der Waals surface area (Å²) in [7, 11) is -3.39. The standard InChI is InChI=1S/C10H17N5O3S2.ClH/c1-20(17,18)15-10-14-13-9(19-10)12-8(16)6-3-2-4-7(11)5-6;/h6-7H,2-5,11H2,1H3,(H,14,15)(H,12,13,16);1H. The number of anilines is 2. The third-order valence-electron chi connectivity index (χ3n) is 3.01. The molecule has 1 saturated carbocycles. The minimum atomic E-state index is -3.39. The van der Waals surface area contributed by atoms with Crippen LogP contribution in [-0.4, -0.2) is 36.8 Å². The van der Waals surface area contributed by atoms with Crippen LogP contribution in [0.1, 0.15) is 25.7 Å². The lowest BCUT2D eigenvalue weighted by molar-refractivity contribution is -0.120. The molecule has 0 spiro atoms. The molecule has 1 aliphatic carbocycles. The summed E-state index contributed by atoms with van der Waals surface area (Å²) in [5, 5.41) is 10.4. The largest absolute Gasteiger partial charge is 0.328 e. The number of nitrogens with one attached hydrogen (secondary N) is 2. The molecule has 0 bridgehead atoms. The van der Waals surface area contributed by atoms with Gasteiger partial charge in [-0.15, -0.1) is 22.6 Å². The van der Waals surface area contributed by atoms with Crippen LogP contribution in [0, 0.1) is 5.92 Å². The average molecular weight is 356 g/mol. The highest BCUT2D eigenvalue weighted by Crippen LogP contribution is 2.26. The number of sulfonamides is 1. The fourth-order valence-corrected chi connectivity index (χ4v) is 3.62. The normalized spacial score (nSPS) is 22.2. The second kappa shape index (κ2) is 7.34. The van der Waals surface area contributed by atoms with Gasteiger partial charge in [0.2, 0.25) is 26.2 Å². The smallest absolute Gasteiger partial charge is 0.231 e. The molecule has 1 heterocycles. The average Bonchev–Trinajstić information content (AvgIpc) is 2.74. The van der Waals surface area contributed by atoms with Crippen molar-refractivity contribution in [3.63, 3.8) is 0 Å². The molecule has 11 heteroatoms. The molecular weight excluding hydrogens is 338 g/mol. The number of hydrogen-bond donors (Lipinski definition) is 3. The number of amides is 1. The van der Waals surface area contributed by atoms with Crippen LogP contribution in [0.15, 0.2) is 0 Å². The monoisotopic (exact) mass is 355 g/mol. The Morgan fingerprint density at radius 2 is 2.00 bits per heavy atom. The van der Waals surface area contributed by atoms with Gasteiger partial charge >= 0.3 is 0 Å². The van der Waals surface area contributed by atoms with Gasteiger partial charge in [-0.25, -0.2) is 8.42 Å². The molecule has 2 atom stereocenters. The first-order valence-corrected chi connectivity index (χ1v) is 8.92. The number of nitrogens with two attached hydrogens (primary N) is 1. The summed E-state index contributed by atoms with van der Waals surface area (Å²) in [4.78, 5) is 12.0. The first kappa shape index (κ1) is 18.1. The fourth-order valence-electron chi connectivity index (χ4n) is 2.15. The Bertz CT molecular complexity index is 591. The molecule has 4 N–H and O–H groups in total. The number of aromatic nitrogens is 2. The number of hydrogen-bond acceptors (Lipinski definition) is 7. The zero-order chi connectivity index (χ0) is 14.8. The number of halogens is 1. The van der Waals surface area contributed by atoms with Crippen LogP contribution in [0.25, 0.3) is 0 Å². The molecule has 120 valence electrons. The molecule has 1 fully saturated rings. The topological polar surface area (TPSA) is 127 Å². The van der Waals surface area contributed by atoms with Crippen molar-refractivity contribution < 1.29 is 13.2 Å². The van der Waals surface area contributed by atoms with Crippen molar-refractivity contribution in [3.8, 4) is 0 Å². The van der Waals surface area contributed by atoms with Crippen molar-refractivity contribution in [3.05, 3.63) is 0 Å². The minimum Gasteiger partial charge on any atom is -0.328 e. The summed E-state index contributed by atoms with van der Waals surface area (Å²) < 4.78 is 24.3. The molecule has 1 aromatic heterocycles. The van der Waals surface area contributed by atoms with Crippen LogP contribution in [0.2, 0.25) is 0 Å². The van der Waals surface area contributed by atoms with Crippen molar-refractivity contribution in [2.75, 3.05) is 16.3 Å². The lowest BCUT2D eigenvalue weighted by atomic mass is 9.86. The number of carbonyl (C=O) groups excluding carboxylic acids is 1. The van der Waals surface area contributed by atoms with Gasteiger partial charge in [-0.05, 0) is 19.3 Å². The summed E-state index contributed by atoms with van der Waals surface area (Å²) in [6, 6.07) is 0.0661. The third kappa shape index (κ3) is 5.73. The molecule has 1 aromatic rings. The van der Waals surface area contributed by atoms with E-state index in [0.29, 0.717) is 6.42 Å². The second-order valence-corrected chi connectivity index (χ2v) is 7.63. The van der Waals surface area contributed by atoms with Gasteiger partial charge in [-0.2, -0.15) is 0 Å². The highest BCUT2D eigenvalue weighted by molar-refractivity contribution is 7.92. The quantitative estimate of drug-likeness (QED) is 0.732. The van der Waals surface area contributed by atoms with Crippen LogP contribution in [-0.2, 0) is 14.8 Å². The van der Waals surface area contributed by atoms with E-state index >= 15 is 0 Å². The van der Waals surface area contributed by atoms with Gasteiger partial charge in [-0.3, -0.25) is 9.52 Å². The zero-order valence-electron chi connectivity index (χ0n) is 11.4. The minimum absolute atomic E-state index is 0. The van der Waals surface area contributed by atoms with E-state index in [1.807, 2.05) is 0 Å². The Balaban J connectivity index is 0.00000220. The summed E-state index contributed by atoms with van der Waals surface area (Å²) in [6.07, 6.45) is 4.39. The number of carbonyl (C=O) groups is 1. The SMILES string of the molecule is CS(=O)(=O)Nc1nnc(NC(=O)C2CCCC(N)C2)s1.Cl. The molecule has 1 aliphatic rings. The molecule has 8 nitrogen and oxygen atoms in total. The summed E-state index contributed by atoms with van der Waals surface area (Å²) >= 11 is 0.977. The van der Waals surface area contributed by atoms with Crippen molar-refractivity contribution >= 4 is 49.9 Å². The van der Waals surface area contributed by atoms with Gasteiger partial charge in [0.25, 0.3) is 0 Å². The fraction of sp³-hybridized carbons (Fsp3) is 0.700. The van der Waals surface area contributed by atoms with E-state index in [0.717, 1.165) is 36.9 Å². The van der Waals surface area contributed by atoms with E-state index < -0.39 is 10.0 Å². The Labute approximate surface area is 133 Å². The first-order chi connectivity index (χ1) is 9.33. The third-order valence-corrected chi connectivity index (χ3v) is 4.46. The van der Waals surface area contributed by atoms with Gasteiger partial charge in [0.1, 0.15) is 0 Å². The van der Waals surface area contributed by atoms with E-state index in [4.69, 9.17) is 5.73 Å². The summed E-state index contributed by atoms with van der Waals surface area (Å²) in [5.74, 6) is -0.254. The first-order valence-electron chi connectivity index (χ1n) is 6.21. The molecular formula is C10H18ClN5O3S2. The molecule has 1 amide bonds. The number of rotatable bonds is 4. The number of nitrogens with zero attached hydrogens (tertiary/aromatic N) is 2. The molecule has 0 radical (unpaired) electrons. The Kier molecular flexibility index (Phi) is 6.32. The molecule has 2 unspecified atom stereocenters. The van der Waals surface area contributed by atoms with Crippen LogP contribution in [0.5, 0.6) is 0 Å². The van der Waals surface area contributed by atoms with Crippen LogP contribution >= 0.6 is 23.7 Å². The molecule has 0 saturated heterocycles. The molecule has 21 heavy (non-hydrogen) atoms. The van der Waals surface area contributed by atoms with E-state index in [2.05, 4.69) is 20.2 Å². The summed E-state index contributed by atoms with van der Waals surface area (Å²) in [6.45, 7) is 0. The van der Waals surface area contributed by atoms with Crippen LogP contribution in [0.3, 0.4) is 0 Å². The van der Waals surface area contributed by atoms with E-state index in [9.17, 15) is 13.2 Å². The molecule has 0 aromatic carbocycles. The highest BCUT2D eigenvalue weighted by Gasteiger charge is 2.26. The maximum Gasteiger partial charge on any atom is 0.231 e. The van der Waals surface area contributed by atoms with Crippen molar-refractivity contribution in [1.29, 1.82) is 0 Å². The van der Waals surface area contributed by atoms with Crippen molar-refractivity contribution in [2.24, 2.45) is 11.7 Å². The predicted molar refractivity (Wildman–Crippen MR) is 84.2 cm³/mol. The molecule has 0 aliphatic heterocycles. The zero-order valence-corrected chi connectivity index (χ0v) is 13.9. The van der Waals surface area contributed by atoms with Gasteiger partial charge in [0.15, 0.2) is 0 Å². The Hall–Kier alpha value is -0.970. The highest BCUT2D eigenvalue weighted by atomic mass is 35.5. The Morgan fingerprint density at radius 3 is 2.62 bits per heavy atom. The van der Waals surface area contributed by atoms with Crippen molar-refractivity contribution in [2.45, 2.75) is 31.7 Å². The lowest BCUT2D eigenvalue weighted by Gasteiger charge is -2.25. The predicted octanol–water partition coefficient (Wildman–Crippen LogP) is 0.787. The van der Waals surface area contributed by atoms with Gasteiger partial charge < -0.3 is 11.1 Å². The summed E-state index contributed by atoms with van der Waals surface area (Å²) in [5.41, 5.74) is 5.85. The van der Waals surface area contributed by atoms with E-state index in [1.165, 1.54) is 0 Å². The van der Waals surface area contributed by atoms with E-state index in [-0.39, 0.29) is 40.5 Å². The Morgan fingerprint density at radius 1 is 1.33 bits per heavy atom. The van der Waals surface area contributed by atoms with Gasteiger partial charge in [0.05, 0.1) is 6.26 Å². The second-order valence-electron chi connectivity index (χ2n) is 4.90. The van der Waals surface area contributed by atoms with Gasteiger partial charge in [-0.1, -0.05) is 17.8 Å². The lowest BCUT2D eigenvalue weighted by Crippen LogP contribution is -2.34. The van der Waals surface area contributed by atoms with Crippen LogP contribution < -0.4 is 15.8 Å². The molecule has 2 rings (SSSR count). The van der Waals surface area contributed by atoms with Crippen LogP contribution in [0.4, 0.5) is 10.3 Å². The van der Waals surface area contributed by atoms with Crippen molar-refractivity contribution in [1.82, 2.24) is 10.2 Å². The van der Waals surface area contributed by atoms with E-state index in [1.54, 1.807) is 0 Å².